The molecule has 2 heterocycles. The third kappa shape index (κ3) is 3.49. The topological polar surface area (TPSA) is 127 Å². The number of pyridine rings is 1. The largest absolute Gasteiger partial charge is 0.382 e. The summed E-state index contributed by atoms with van der Waals surface area (Å²) in [6, 6.07) is 7.75. The Balaban J connectivity index is 1.83. The van der Waals surface area contributed by atoms with E-state index in [2.05, 4.69) is 14.7 Å². The van der Waals surface area contributed by atoms with E-state index < -0.39 is 10.0 Å². The molecule has 140 valence electrons. The van der Waals surface area contributed by atoms with Crippen LogP contribution in [0, 0.1) is 32.1 Å². The summed E-state index contributed by atoms with van der Waals surface area (Å²) in [6.07, 6.45) is 0. The van der Waals surface area contributed by atoms with E-state index in [1.807, 2.05) is 31.4 Å². The number of nitrogen functional groups attached to an aromatic ring is 1. The van der Waals surface area contributed by atoms with Crippen molar-refractivity contribution >= 4 is 26.9 Å². The molecule has 1 aromatic carbocycles. The fourth-order valence-electron chi connectivity index (χ4n) is 2.97. The quantitative estimate of drug-likeness (QED) is 0.690. The minimum atomic E-state index is -3.66. The molecule has 0 fully saturated rings. The highest BCUT2D eigenvalue weighted by Crippen LogP contribution is 2.25. The number of anilines is 1. The summed E-state index contributed by atoms with van der Waals surface area (Å²) < 4.78 is 29.4. The fraction of sp³-hybridized carbons (Fsp3) is 0.278. The maximum absolute atomic E-state index is 12.4. The highest BCUT2D eigenvalue weighted by molar-refractivity contribution is 7.89. The maximum atomic E-state index is 12.4. The zero-order chi connectivity index (χ0) is 19.8. The first-order chi connectivity index (χ1) is 12.7. The Kier molecular flexibility index (Phi) is 4.87. The first kappa shape index (κ1) is 18.8. The normalized spacial score (nSPS) is 11.6. The Morgan fingerprint density at radius 1 is 1.19 bits per heavy atom. The Bertz CT molecular complexity index is 1160. The monoisotopic (exact) mass is 384 g/mol. The first-order valence-electron chi connectivity index (χ1n) is 8.34. The number of sulfonamides is 1. The Hall–Kier alpha value is -2.96. The van der Waals surface area contributed by atoms with Gasteiger partial charge in [0.2, 0.25) is 10.0 Å². The van der Waals surface area contributed by atoms with E-state index in [0.29, 0.717) is 23.4 Å². The summed E-state index contributed by atoms with van der Waals surface area (Å²) >= 11 is 0. The van der Waals surface area contributed by atoms with Gasteiger partial charge in [0, 0.05) is 18.8 Å². The molecule has 0 saturated heterocycles. The van der Waals surface area contributed by atoms with Crippen LogP contribution in [0.5, 0.6) is 0 Å². The van der Waals surface area contributed by atoms with Crippen LogP contribution < -0.4 is 10.5 Å². The lowest BCUT2D eigenvalue weighted by molar-refractivity contribution is 0.572. The highest BCUT2D eigenvalue weighted by atomic mass is 32.2. The van der Waals surface area contributed by atoms with Crippen LogP contribution in [0.15, 0.2) is 29.2 Å². The van der Waals surface area contributed by atoms with Crippen LogP contribution >= 0.6 is 0 Å². The van der Waals surface area contributed by atoms with Crippen LogP contribution in [-0.4, -0.2) is 29.5 Å². The standard InChI is InChI=1S/C18H20N6O2S/c1-11-12(2)22-18(20)16-17(11)24(13(3)23-16)9-8-21-27(25,26)15-6-4-14(10-19)5-7-15/h4-7,21H,8-9H2,1-3H3,(H2,20,22). The molecule has 0 aliphatic rings. The maximum Gasteiger partial charge on any atom is 0.240 e. The van der Waals surface area contributed by atoms with Gasteiger partial charge in [-0.2, -0.15) is 5.26 Å². The van der Waals surface area contributed by atoms with E-state index in [-0.39, 0.29) is 11.4 Å². The molecule has 0 spiro atoms. The smallest absolute Gasteiger partial charge is 0.240 e. The molecule has 0 amide bonds. The van der Waals surface area contributed by atoms with Crippen molar-refractivity contribution in [1.82, 2.24) is 19.3 Å². The third-order valence-corrected chi connectivity index (χ3v) is 5.99. The van der Waals surface area contributed by atoms with Gasteiger partial charge in [0.25, 0.3) is 0 Å². The second-order valence-corrected chi connectivity index (χ2v) is 8.02. The van der Waals surface area contributed by atoms with Crippen LogP contribution in [0.2, 0.25) is 0 Å². The van der Waals surface area contributed by atoms with Crippen molar-refractivity contribution in [3.63, 3.8) is 0 Å². The van der Waals surface area contributed by atoms with E-state index in [4.69, 9.17) is 11.0 Å². The lowest BCUT2D eigenvalue weighted by Crippen LogP contribution is -2.27. The van der Waals surface area contributed by atoms with Crippen molar-refractivity contribution in [1.29, 1.82) is 5.26 Å². The summed E-state index contributed by atoms with van der Waals surface area (Å²) in [5, 5.41) is 8.82. The van der Waals surface area contributed by atoms with E-state index in [9.17, 15) is 8.42 Å². The minimum Gasteiger partial charge on any atom is -0.382 e. The van der Waals surface area contributed by atoms with Crippen molar-refractivity contribution in [2.75, 3.05) is 12.3 Å². The molecular formula is C18H20N6O2S. The number of fused-ring (bicyclic) bond motifs is 1. The number of aromatic nitrogens is 3. The number of nitrogens with zero attached hydrogens (tertiary/aromatic N) is 4. The average molecular weight is 384 g/mol. The van der Waals surface area contributed by atoms with Gasteiger partial charge in [-0.1, -0.05) is 0 Å². The molecule has 3 N–H and O–H groups in total. The molecule has 2 aromatic heterocycles. The number of benzene rings is 1. The molecule has 0 radical (unpaired) electrons. The predicted octanol–water partition coefficient (Wildman–Crippen LogP) is 1.79. The lowest BCUT2D eigenvalue weighted by atomic mass is 10.2. The Morgan fingerprint density at radius 3 is 2.48 bits per heavy atom. The number of imidazole rings is 1. The molecule has 8 nitrogen and oxygen atoms in total. The Morgan fingerprint density at radius 2 is 1.85 bits per heavy atom. The molecule has 0 saturated carbocycles. The van der Waals surface area contributed by atoms with Crippen LogP contribution in [0.4, 0.5) is 5.82 Å². The molecule has 0 atom stereocenters. The molecule has 0 unspecified atom stereocenters. The van der Waals surface area contributed by atoms with E-state index in [0.717, 1.165) is 22.6 Å². The Labute approximate surface area is 157 Å². The van der Waals surface area contributed by atoms with Gasteiger partial charge in [0.05, 0.1) is 22.0 Å². The lowest BCUT2D eigenvalue weighted by Gasteiger charge is -2.11. The summed E-state index contributed by atoms with van der Waals surface area (Å²) in [4.78, 5) is 8.89. The van der Waals surface area contributed by atoms with Gasteiger partial charge in [0.1, 0.15) is 11.3 Å². The summed E-state index contributed by atoms with van der Waals surface area (Å²) in [7, 11) is -3.66. The van der Waals surface area contributed by atoms with Crippen LogP contribution in [0.3, 0.4) is 0 Å². The average Bonchev–Trinajstić information content (AvgIpc) is 2.97. The molecular weight excluding hydrogens is 364 g/mol. The predicted molar refractivity (Wildman–Crippen MR) is 102 cm³/mol. The molecule has 0 bridgehead atoms. The third-order valence-electron chi connectivity index (χ3n) is 4.51. The number of aryl methyl sites for hydroxylation is 3. The van der Waals surface area contributed by atoms with Gasteiger partial charge in [-0.15, -0.1) is 0 Å². The van der Waals surface area contributed by atoms with Gasteiger partial charge in [0.15, 0.2) is 5.82 Å². The highest BCUT2D eigenvalue weighted by Gasteiger charge is 2.17. The van der Waals surface area contributed by atoms with Crippen LogP contribution in [0.1, 0.15) is 22.6 Å². The molecule has 9 heteroatoms. The first-order valence-corrected chi connectivity index (χ1v) is 9.82. The number of rotatable bonds is 5. The van der Waals surface area contributed by atoms with Gasteiger partial charge in [-0.05, 0) is 50.6 Å². The van der Waals surface area contributed by atoms with Gasteiger partial charge in [-0.3, -0.25) is 0 Å². The minimum absolute atomic E-state index is 0.120. The fourth-order valence-corrected chi connectivity index (χ4v) is 3.99. The van der Waals surface area contributed by atoms with Crippen molar-refractivity contribution in [3.05, 3.63) is 46.9 Å². The SMILES string of the molecule is Cc1nc(N)c2nc(C)n(CCNS(=O)(=O)c3ccc(C#N)cc3)c2c1C. The summed E-state index contributed by atoms with van der Waals surface area (Å²) in [5.41, 5.74) is 9.68. The number of nitriles is 1. The van der Waals surface area contributed by atoms with Gasteiger partial charge in [-0.25, -0.2) is 23.1 Å². The van der Waals surface area contributed by atoms with E-state index in [1.165, 1.54) is 24.3 Å². The van der Waals surface area contributed by atoms with Crippen LogP contribution in [0.25, 0.3) is 11.0 Å². The number of nitrogens with one attached hydrogen (secondary N) is 1. The van der Waals surface area contributed by atoms with Gasteiger partial charge >= 0.3 is 0 Å². The molecule has 3 rings (SSSR count). The van der Waals surface area contributed by atoms with Crippen molar-refractivity contribution in [2.45, 2.75) is 32.2 Å². The number of nitrogens with two attached hydrogens (primary N) is 1. The van der Waals surface area contributed by atoms with Gasteiger partial charge < -0.3 is 10.3 Å². The molecule has 0 aliphatic heterocycles. The summed E-state index contributed by atoms with van der Waals surface area (Å²) in [5.74, 6) is 1.11. The van der Waals surface area contributed by atoms with E-state index in [1.54, 1.807) is 0 Å². The number of hydrogen-bond donors (Lipinski definition) is 2. The number of hydrogen-bond acceptors (Lipinski definition) is 6. The molecule has 27 heavy (non-hydrogen) atoms. The van der Waals surface area contributed by atoms with Crippen LogP contribution in [-0.2, 0) is 16.6 Å². The van der Waals surface area contributed by atoms with E-state index >= 15 is 0 Å². The van der Waals surface area contributed by atoms with Crippen molar-refractivity contribution in [3.8, 4) is 6.07 Å². The van der Waals surface area contributed by atoms with Crippen molar-refractivity contribution < 1.29 is 8.42 Å². The van der Waals surface area contributed by atoms with Crippen molar-refractivity contribution in [2.24, 2.45) is 0 Å². The second-order valence-electron chi connectivity index (χ2n) is 6.25. The summed E-state index contributed by atoms with van der Waals surface area (Å²) in [6.45, 7) is 6.27. The zero-order valence-corrected chi connectivity index (χ0v) is 16.1. The molecule has 0 aliphatic carbocycles. The zero-order valence-electron chi connectivity index (χ0n) is 15.3. The second kappa shape index (κ2) is 6.98. The molecule has 3 aromatic rings.